The van der Waals surface area contributed by atoms with Crippen LogP contribution >= 0.6 is 11.8 Å². The van der Waals surface area contributed by atoms with Crippen molar-refractivity contribution in [1.82, 2.24) is 19.5 Å². The second-order valence-electron chi connectivity index (χ2n) is 6.01. The summed E-state index contributed by atoms with van der Waals surface area (Å²) in [6.07, 6.45) is 4.95. The lowest BCUT2D eigenvalue weighted by Gasteiger charge is -2.17. The first-order chi connectivity index (χ1) is 12.8. The van der Waals surface area contributed by atoms with Gasteiger partial charge in [0.2, 0.25) is 5.88 Å². The van der Waals surface area contributed by atoms with E-state index in [1.807, 2.05) is 28.9 Å². The number of ether oxygens (including phenoxy) is 1. The number of thioether (sulfide) groups is 1. The maximum atomic E-state index is 5.88. The van der Waals surface area contributed by atoms with Crippen LogP contribution in [0.25, 0.3) is 16.9 Å². The lowest BCUT2D eigenvalue weighted by atomic mass is 10.2. The van der Waals surface area contributed by atoms with Crippen LogP contribution in [0.2, 0.25) is 0 Å². The van der Waals surface area contributed by atoms with Crippen LogP contribution in [-0.4, -0.2) is 52.0 Å². The van der Waals surface area contributed by atoms with Gasteiger partial charge in [0.15, 0.2) is 5.65 Å². The van der Waals surface area contributed by atoms with E-state index in [0.29, 0.717) is 12.5 Å². The predicted molar refractivity (Wildman–Crippen MR) is 108 cm³/mol. The molecule has 0 bridgehead atoms. The number of hydrogen-bond acceptors (Lipinski definition) is 5. The fourth-order valence-electron chi connectivity index (χ4n) is 2.98. The maximum Gasteiger partial charge on any atom is 0.231 e. The maximum absolute atomic E-state index is 5.88. The summed E-state index contributed by atoms with van der Waals surface area (Å²) < 4.78 is 7.75. The average Bonchev–Trinajstić information content (AvgIpc) is 3.11. The Balaban J connectivity index is 1.76. The topological polar surface area (TPSA) is 42.7 Å². The number of fused-ring (bicyclic) bond motifs is 1. The Kier molecular flexibility index (Phi) is 6.52. The zero-order valence-corrected chi connectivity index (χ0v) is 16.5. The number of imidazole rings is 1. The molecule has 0 saturated carbocycles. The molecule has 0 atom stereocenters. The molecule has 26 heavy (non-hydrogen) atoms. The molecule has 0 aliphatic carbocycles. The van der Waals surface area contributed by atoms with E-state index in [0.717, 1.165) is 43.0 Å². The predicted octanol–water partition coefficient (Wildman–Crippen LogP) is 4.23. The molecule has 1 aromatic carbocycles. The Morgan fingerprint density at radius 1 is 1.12 bits per heavy atom. The highest BCUT2D eigenvalue weighted by Gasteiger charge is 2.11. The van der Waals surface area contributed by atoms with Gasteiger partial charge in [-0.3, -0.25) is 0 Å². The Morgan fingerprint density at radius 3 is 2.69 bits per heavy atom. The van der Waals surface area contributed by atoms with Crippen LogP contribution in [-0.2, 0) is 0 Å². The molecule has 0 spiro atoms. The van der Waals surface area contributed by atoms with Crippen LogP contribution in [0.15, 0.2) is 47.5 Å². The van der Waals surface area contributed by atoms with E-state index < -0.39 is 0 Å². The first-order valence-corrected chi connectivity index (χ1v) is 10.3. The third kappa shape index (κ3) is 4.19. The number of benzene rings is 1. The molecule has 0 fully saturated rings. The summed E-state index contributed by atoms with van der Waals surface area (Å²) in [6.45, 7) is 8.24. The summed E-state index contributed by atoms with van der Waals surface area (Å²) in [4.78, 5) is 8.09. The largest absolute Gasteiger partial charge is 0.477 e. The van der Waals surface area contributed by atoms with Gasteiger partial charge in [-0.25, -0.2) is 9.50 Å². The molecule has 0 radical (unpaired) electrons. The Hall–Kier alpha value is -2.05. The zero-order chi connectivity index (χ0) is 18.4. The van der Waals surface area contributed by atoms with Crippen molar-refractivity contribution in [1.29, 1.82) is 0 Å². The Morgan fingerprint density at radius 2 is 1.92 bits per heavy atom. The minimum absolute atomic E-state index is 0.637. The van der Waals surface area contributed by atoms with Gasteiger partial charge in [-0.1, -0.05) is 32.0 Å². The minimum atomic E-state index is 0.637. The highest BCUT2D eigenvalue weighted by molar-refractivity contribution is 7.98. The molecule has 0 unspecified atom stereocenters. The van der Waals surface area contributed by atoms with Gasteiger partial charge >= 0.3 is 0 Å². The smallest absolute Gasteiger partial charge is 0.231 e. The standard InChI is InChI=1S/C20H26N4OS/c1-4-23(5-2)13-8-14-25-20-12-11-19-21-15-17(24(19)22-20)16-9-6-7-10-18(16)26-3/h6-7,9-12,15H,4-5,8,13-14H2,1-3H3. The van der Waals surface area contributed by atoms with Crippen LogP contribution in [0, 0.1) is 0 Å². The molecule has 5 nitrogen and oxygen atoms in total. The van der Waals surface area contributed by atoms with Crippen molar-refractivity contribution in [3.05, 3.63) is 42.6 Å². The van der Waals surface area contributed by atoms with E-state index in [9.17, 15) is 0 Å². The van der Waals surface area contributed by atoms with Gasteiger partial charge in [-0.2, -0.15) is 0 Å². The first-order valence-electron chi connectivity index (χ1n) is 9.10. The van der Waals surface area contributed by atoms with E-state index in [2.05, 4.69) is 53.3 Å². The Bertz CT molecular complexity index is 845. The molecule has 2 heterocycles. The highest BCUT2D eigenvalue weighted by Crippen LogP contribution is 2.30. The molecule has 138 valence electrons. The van der Waals surface area contributed by atoms with Gasteiger partial charge < -0.3 is 9.64 Å². The van der Waals surface area contributed by atoms with E-state index in [1.165, 1.54) is 4.90 Å². The quantitative estimate of drug-likeness (QED) is 0.416. The summed E-state index contributed by atoms with van der Waals surface area (Å²) in [5, 5.41) is 4.65. The number of nitrogens with zero attached hydrogens (tertiary/aromatic N) is 4. The molecule has 0 saturated heterocycles. The van der Waals surface area contributed by atoms with Crippen LogP contribution in [0.3, 0.4) is 0 Å². The van der Waals surface area contributed by atoms with Crippen LogP contribution in [0.1, 0.15) is 20.3 Å². The van der Waals surface area contributed by atoms with Crippen molar-refractivity contribution in [2.24, 2.45) is 0 Å². The van der Waals surface area contributed by atoms with Crippen molar-refractivity contribution >= 4 is 17.4 Å². The van der Waals surface area contributed by atoms with E-state index >= 15 is 0 Å². The molecular formula is C20H26N4OS. The average molecular weight is 371 g/mol. The minimum Gasteiger partial charge on any atom is -0.477 e. The Labute approximate surface area is 159 Å². The van der Waals surface area contributed by atoms with Gasteiger partial charge in [0.25, 0.3) is 0 Å². The monoisotopic (exact) mass is 370 g/mol. The molecule has 2 aromatic heterocycles. The lowest BCUT2D eigenvalue weighted by molar-refractivity contribution is 0.242. The number of aromatic nitrogens is 3. The van der Waals surface area contributed by atoms with Gasteiger partial charge in [-0.05, 0) is 37.9 Å². The van der Waals surface area contributed by atoms with Crippen molar-refractivity contribution in [2.75, 3.05) is 32.5 Å². The molecule has 0 N–H and O–H groups in total. The number of rotatable bonds is 9. The fourth-order valence-corrected chi connectivity index (χ4v) is 3.59. The highest BCUT2D eigenvalue weighted by atomic mass is 32.2. The van der Waals surface area contributed by atoms with Gasteiger partial charge in [0.05, 0.1) is 18.5 Å². The molecule has 3 aromatic rings. The third-order valence-electron chi connectivity index (χ3n) is 4.48. The van der Waals surface area contributed by atoms with E-state index in [4.69, 9.17) is 4.74 Å². The SMILES string of the molecule is CCN(CC)CCCOc1ccc2ncc(-c3ccccc3SC)n2n1. The molecule has 0 aliphatic heterocycles. The van der Waals surface area contributed by atoms with Gasteiger partial charge in [0, 0.05) is 23.1 Å². The van der Waals surface area contributed by atoms with Crippen LogP contribution < -0.4 is 4.74 Å². The third-order valence-corrected chi connectivity index (χ3v) is 5.28. The lowest BCUT2D eigenvalue weighted by Crippen LogP contribution is -2.25. The molecule has 6 heteroatoms. The molecule has 3 rings (SSSR count). The van der Waals surface area contributed by atoms with E-state index in [1.54, 1.807) is 11.8 Å². The van der Waals surface area contributed by atoms with Crippen LogP contribution in [0.4, 0.5) is 0 Å². The zero-order valence-electron chi connectivity index (χ0n) is 15.7. The summed E-state index contributed by atoms with van der Waals surface area (Å²) in [5.41, 5.74) is 2.95. The summed E-state index contributed by atoms with van der Waals surface area (Å²) in [7, 11) is 0. The second-order valence-corrected chi connectivity index (χ2v) is 6.86. The first kappa shape index (κ1) is 18.7. The molecule has 0 amide bonds. The van der Waals surface area contributed by atoms with Crippen molar-refractivity contribution < 1.29 is 4.74 Å². The second kappa shape index (κ2) is 9.05. The van der Waals surface area contributed by atoms with Crippen molar-refractivity contribution in [2.45, 2.75) is 25.2 Å². The summed E-state index contributed by atoms with van der Waals surface area (Å²) in [6, 6.07) is 12.2. The van der Waals surface area contributed by atoms with Crippen molar-refractivity contribution in [3.63, 3.8) is 0 Å². The van der Waals surface area contributed by atoms with Gasteiger partial charge in [0.1, 0.15) is 0 Å². The number of hydrogen-bond donors (Lipinski definition) is 0. The molecular weight excluding hydrogens is 344 g/mol. The van der Waals surface area contributed by atoms with Gasteiger partial charge in [-0.15, -0.1) is 16.9 Å². The van der Waals surface area contributed by atoms with Crippen molar-refractivity contribution in [3.8, 4) is 17.1 Å². The summed E-state index contributed by atoms with van der Waals surface area (Å²) >= 11 is 1.73. The molecule has 0 aliphatic rings. The normalized spacial score (nSPS) is 11.4. The summed E-state index contributed by atoms with van der Waals surface area (Å²) in [5.74, 6) is 0.637. The van der Waals surface area contributed by atoms with Crippen LogP contribution in [0.5, 0.6) is 5.88 Å². The fraction of sp³-hybridized carbons (Fsp3) is 0.400. The van der Waals surface area contributed by atoms with E-state index in [-0.39, 0.29) is 0 Å².